The predicted octanol–water partition coefficient (Wildman–Crippen LogP) is 2.76. The van der Waals surface area contributed by atoms with Crippen LogP contribution in [0.15, 0.2) is 29.9 Å². The number of fused-ring (bicyclic) bond motifs is 4. The highest BCUT2D eigenvalue weighted by Gasteiger charge is 2.46. The Hall–Kier alpha value is -1.63. The Bertz CT molecular complexity index is 659. The van der Waals surface area contributed by atoms with E-state index in [0.717, 1.165) is 12.8 Å². The SMILES string of the molecule is C1=CC2=C(C1)c1cc3c(c4[n+]1C2CC4)C=CC3. The van der Waals surface area contributed by atoms with Gasteiger partial charge in [-0.3, -0.25) is 0 Å². The smallest absolute Gasteiger partial charge is 0.188 e. The van der Waals surface area contributed by atoms with Crippen molar-refractivity contribution in [1.82, 2.24) is 0 Å². The molecule has 0 radical (unpaired) electrons. The molecule has 4 aliphatic rings. The lowest BCUT2D eigenvalue weighted by molar-refractivity contribution is -0.705. The molecule has 2 aliphatic carbocycles. The molecule has 3 heterocycles. The molecule has 1 unspecified atom stereocenters. The largest absolute Gasteiger partial charge is 0.210 e. The average molecular weight is 220 g/mol. The molecule has 1 aromatic heterocycles. The normalized spacial score (nSPS) is 25.8. The van der Waals surface area contributed by atoms with Gasteiger partial charge in [0.2, 0.25) is 5.69 Å². The molecule has 1 nitrogen and oxygen atoms in total. The molecule has 0 aromatic carbocycles. The van der Waals surface area contributed by atoms with E-state index in [-0.39, 0.29) is 0 Å². The second-order valence-electron chi connectivity index (χ2n) is 5.49. The van der Waals surface area contributed by atoms with Crippen LogP contribution in [0.1, 0.15) is 41.4 Å². The van der Waals surface area contributed by atoms with Crippen molar-refractivity contribution in [2.75, 3.05) is 0 Å². The monoisotopic (exact) mass is 220 g/mol. The van der Waals surface area contributed by atoms with Gasteiger partial charge in [-0.1, -0.05) is 24.3 Å². The zero-order chi connectivity index (χ0) is 11.0. The van der Waals surface area contributed by atoms with Gasteiger partial charge in [0.1, 0.15) is 0 Å². The van der Waals surface area contributed by atoms with Crippen molar-refractivity contribution in [2.24, 2.45) is 0 Å². The fourth-order valence-electron chi connectivity index (χ4n) is 4.08. The number of nitrogens with zero attached hydrogens (tertiary/aromatic N) is 1. The number of pyridine rings is 1. The molecular formula is C16H14N+. The topological polar surface area (TPSA) is 3.88 Å². The lowest BCUT2D eigenvalue weighted by Gasteiger charge is -2.06. The van der Waals surface area contributed by atoms with Gasteiger partial charge in [-0.15, -0.1) is 0 Å². The zero-order valence-corrected chi connectivity index (χ0v) is 9.74. The van der Waals surface area contributed by atoms with Gasteiger partial charge in [0.05, 0.1) is 0 Å². The van der Waals surface area contributed by atoms with Gasteiger partial charge in [0, 0.05) is 35.6 Å². The minimum absolute atomic E-state index is 0.660. The van der Waals surface area contributed by atoms with E-state index in [2.05, 4.69) is 34.9 Å². The molecule has 5 rings (SSSR count). The van der Waals surface area contributed by atoms with Crippen LogP contribution in [0, 0.1) is 0 Å². The second kappa shape index (κ2) is 2.61. The van der Waals surface area contributed by atoms with E-state index in [0.29, 0.717) is 6.04 Å². The van der Waals surface area contributed by atoms with Crippen LogP contribution < -0.4 is 4.57 Å². The maximum Gasteiger partial charge on any atom is 0.210 e. The summed E-state index contributed by atoms with van der Waals surface area (Å²) in [6.45, 7) is 0. The second-order valence-corrected chi connectivity index (χ2v) is 5.49. The highest BCUT2D eigenvalue weighted by atomic mass is 15.1. The highest BCUT2D eigenvalue weighted by molar-refractivity contribution is 5.76. The number of allylic oxidation sites excluding steroid dienone is 5. The van der Waals surface area contributed by atoms with Crippen LogP contribution in [0.5, 0.6) is 0 Å². The first-order chi connectivity index (χ1) is 8.43. The molecule has 0 saturated carbocycles. The summed E-state index contributed by atoms with van der Waals surface area (Å²) < 4.78 is 2.63. The summed E-state index contributed by atoms with van der Waals surface area (Å²) in [5.41, 5.74) is 9.40. The third kappa shape index (κ3) is 0.833. The Morgan fingerprint density at radius 3 is 3.06 bits per heavy atom. The Morgan fingerprint density at radius 1 is 1.12 bits per heavy atom. The van der Waals surface area contributed by atoms with E-state index in [1.54, 1.807) is 22.4 Å². The molecule has 1 aromatic rings. The van der Waals surface area contributed by atoms with E-state index in [1.807, 2.05) is 0 Å². The van der Waals surface area contributed by atoms with E-state index in [1.165, 1.54) is 24.1 Å². The summed E-state index contributed by atoms with van der Waals surface area (Å²) in [4.78, 5) is 0. The number of hydrogen-bond donors (Lipinski definition) is 0. The Labute approximate surface area is 101 Å². The molecule has 0 N–H and O–H groups in total. The highest BCUT2D eigenvalue weighted by Crippen LogP contribution is 2.44. The summed E-state index contributed by atoms with van der Waals surface area (Å²) in [7, 11) is 0. The zero-order valence-electron chi connectivity index (χ0n) is 9.74. The molecule has 1 atom stereocenters. The van der Waals surface area contributed by atoms with E-state index in [9.17, 15) is 0 Å². The molecule has 0 amide bonds. The predicted molar refractivity (Wildman–Crippen MR) is 67.4 cm³/mol. The van der Waals surface area contributed by atoms with Gasteiger partial charge in [0.25, 0.3) is 0 Å². The maximum atomic E-state index is 2.63. The summed E-state index contributed by atoms with van der Waals surface area (Å²) in [5, 5.41) is 0. The number of rotatable bonds is 0. The van der Waals surface area contributed by atoms with Gasteiger partial charge in [-0.05, 0) is 18.4 Å². The molecule has 0 spiro atoms. The van der Waals surface area contributed by atoms with Gasteiger partial charge < -0.3 is 0 Å². The van der Waals surface area contributed by atoms with Crippen molar-refractivity contribution in [3.05, 3.63) is 52.4 Å². The molecule has 0 saturated heterocycles. The summed E-state index contributed by atoms with van der Waals surface area (Å²) >= 11 is 0. The lowest BCUT2D eigenvalue weighted by Crippen LogP contribution is -2.39. The number of hydrogen-bond acceptors (Lipinski definition) is 0. The summed E-state index contributed by atoms with van der Waals surface area (Å²) in [6.07, 6.45) is 14.2. The van der Waals surface area contributed by atoms with E-state index >= 15 is 0 Å². The third-order valence-electron chi connectivity index (χ3n) is 4.74. The van der Waals surface area contributed by atoms with E-state index in [4.69, 9.17) is 0 Å². The lowest BCUT2D eigenvalue weighted by atomic mass is 9.99. The van der Waals surface area contributed by atoms with Crippen molar-refractivity contribution < 1.29 is 4.57 Å². The van der Waals surface area contributed by atoms with Crippen molar-refractivity contribution in [1.29, 1.82) is 0 Å². The first kappa shape index (κ1) is 8.46. The van der Waals surface area contributed by atoms with Crippen LogP contribution in [0.4, 0.5) is 0 Å². The molecule has 17 heavy (non-hydrogen) atoms. The van der Waals surface area contributed by atoms with Crippen LogP contribution in [-0.4, -0.2) is 0 Å². The van der Waals surface area contributed by atoms with Crippen LogP contribution >= 0.6 is 0 Å². The van der Waals surface area contributed by atoms with Crippen LogP contribution in [0.3, 0.4) is 0 Å². The van der Waals surface area contributed by atoms with Crippen molar-refractivity contribution in [3.8, 4) is 0 Å². The molecule has 0 bridgehead atoms. The van der Waals surface area contributed by atoms with Gasteiger partial charge in [-0.25, -0.2) is 0 Å². The molecule has 2 aliphatic heterocycles. The van der Waals surface area contributed by atoms with Crippen LogP contribution in [0.2, 0.25) is 0 Å². The quantitative estimate of drug-likeness (QED) is 0.592. The third-order valence-corrected chi connectivity index (χ3v) is 4.74. The molecule has 82 valence electrons. The fraction of sp³-hybridized carbons (Fsp3) is 0.312. The number of aromatic nitrogens is 1. The van der Waals surface area contributed by atoms with Crippen LogP contribution in [-0.2, 0) is 12.8 Å². The standard InChI is InChI=1S/C16H14N/c1-3-10-9-16-13-6-2-5-12(13)15-8-7-14(17(15)16)11(10)4-1/h1-2,4-5,9,15H,3,6-8H2/q+1. The summed E-state index contributed by atoms with van der Waals surface area (Å²) in [6, 6.07) is 3.11. The minimum Gasteiger partial charge on any atom is -0.188 e. The first-order valence-corrected chi connectivity index (χ1v) is 6.60. The van der Waals surface area contributed by atoms with Crippen molar-refractivity contribution >= 4 is 11.6 Å². The molecular weight excluding hydrogens is 206 g/mol. The Morgan fingerprint density at radius 2 is 2.06 bits per heavy atom. The van der Waals surface area contributed by atoms with E-state index < -0.39 is 0 Å². The van der Waals surface area contributed by atoms with Crippen molar-refractivity contribution in [2.45, 2.75) is 31.7 Å². The fourth-order valence-corrected chi connectivity index (χ4v) is 4.08. The maximum absolute atomic E-state index is 2.63. The van der Waals surface area contributed by atoms with Gasteiger partial charge in [-0.2, -0.15) is 4.57 Å². The Kier molecular flexibility index (Phi) is 1.30. The van der Waals surface area contributed by atoms with Crippen molar-refractivity contribution in [3.63, 3.8) is 0 Å². The minimum atomic E-state index is 0.660. The average Bonchev–Trinajstić information content (AvgIpc) is 3.07. The summed E-state index contributed by atoms with van der Waals surface area (Å²) in [5.74, 6) is 0. The molecule has 0 fully saturated rings. The first-order valence-electron chi connectivity index (χ1n) is 6.60. The van der Waals surface area contributed by atoms with Crippen LogP contribution in [0.25, 0.3) is 11.6 Å². The van der Waals surface area contributed by atoms with Gasteiger partial charge in [0.15, 0.2) is 11.7 Å². The van der Waals surface area contributed by atoms with Gasteiger partial charge >= 0.3 is 0 Å². The Balaban J connectivity index is 1.88. The molecule has 1 heteroatoms.